The first kappa shape index (κ1) is 8.65. The number of rotatable bonds is 1. The van der Waals surface area contributed by atoms with Gasteiger partial charge in [0.25, 0.3) is 0 Å². The normalized spacial score (nSPS) is 14.0. The van der Waals surface area contributed by atoms with Gasteiger partial charge in [-0.15, -0.1) is 0 Å². The van der Waals surface area contributed by atoms with Crippen LogP contribution in [0.3, 0.4) is 0 Å². The summed E-state index contributed by atoms with van der Waals surface area (Å²) in [6.45, 7) is 1.01. The van der Waals surface area contributed by atoms with E-state index in [-0.39, 0.29) is 0 Å². The molecule has 1 N–H and O–H groups in total. The number of ether oxygens (including phenoxy) is 1. The van der Waals surface area contributed by atoms with E-state index in [0.29, 0.717) is 0 Å². The summed E-state index contributed by atoms with van der Waals surface area (Å²) in [7, 11) is 3.79. The van der Waals surface area contributed by atoms with Crippen molar-refractivity contribution in [2.75, 3.05) is 19.0 Å². The molecule has 15 heavy (non-hydrogen) atoms. The van der Waals surface area contributed by atoms with Crippen molar-refractivity contribution in [1.29, 1.82) is 0 Å². The lowest BCUT2D eigenvalue weighted by molar-refractivity contribution is 0.415. The summed E-state index contributed by atoms with van der Waals surface area (Å²) in [5, 5.41) is 4.77. The Bertz CT molecular complexity index is 528. The zero-order chi connectivity index (χ0) is 10.4. The lowest BCUT2D eigenvalue weighted by atomic mass is 10.0. The summed E-state index contributed by atoms with van der Waals surface area (Å²) in [5.74, 6) is 0.916. The molecule has 0 amide bonds. The maximum Gasteiger partial charge on any atom is 0.123 e. The number of aryl methyl sites for hydroxylation is 1. The van der Waals surface area contributed by atoms with E-state index in [2.05, 4.69) is 35.3 Å². The smallest absolute Gasteiger partial charge is 0.123 e. The average molecular weight is 202 g/mol. The molecule has 1 aliphatic rings. The van der Waals surface area contributed by atoms with Crippen LogP contribution in [0, 0.1) is 0 Å². The van der Waals surface area contributed by atoms with E-state index in [0.717, 1.165) is 18.7 Å². The van der Waals surface area contributed by atoms with Gasteiger partial charge in [-0.25, -0.2) is 0 Å². The van der Waals surface area contributed by atoms with E-state index in [1.807, 2.05) is 0 Å². The fourth-order valence-corrected chi connectivity index (χ4v) is 2.36. The van der Waals surface area contributed by atoms with Crippen LogP contribution >= 0.6 is 0 Å². The van der Waals surface area contributed by atoms with Gasteiger partial charge in [0, 0.05) is 43.0 Å². The Morgan fingerprint density at radius 3 is 3.07 bits per heavy atom. The molecule has 1 aromatic heterocycles. The summed E-state index contributed by atoms with van der Waals surface area (Å²) in [4.78, 5) is 0. The molecule has 2 aromatic rings. The monoisotopic (exact) mass is 202 g/mol. The summed E-state index contributed by atoms with van der Waals surface area (Å²) < 4.78 is 7.47. The maximum absolute atomic E-state index is 5.30. The van der Waals surface area contributed by atoms with E-state index in [9.17, 15) is 0 Å². The lowest BCUT2D eigenvalue weighted by Gasteiger charge is -2.15. The second kappa shape index (κ2) is 2.92. The van der Waals surface area contributed by atoms with Gasteiger partial charge >= 0.3 is 0 Å². The molecule has 0 saturated heterocycles. The van der Waals surface area contributed by atoms with Crippen molar-refractivity contribution in [3.8, 4) is 5.75 Å². The highest BCUT2D eigenvalue weighted by atomic mass is 16.5. The van der Waals surface area contributed by atoms with Crippen LogP contribution in [0.1, 0.15) is 5.56 Å². The Labute approximate surface area is 88.6 Å². The van der Waals surface area contributed by atoms with Gasteiger partial charge in [-0.05, 0) is 12.0 Å². The minimum absolute atomic E-state index is 0.916. The molecule has 1 aliphatic heterocycles. The lowest BCUT2D eigenvalue weighted by Crippen LogP contribution is -2.09. The molecule has 3 rings (SSSR count). The predicted octanol–water partition coefficient (Wildman–Crippen LogP) is 2.15. The molecule has 0 spiro atoms. The number of anilines is 1. The first-order chi connectivity index (χ1) is 7.29. The van der Waals surface area contributed by atoms with E-state index in [1.54, 1.807) is 7.11 Å². The van der Waals surface area contributed by atoms with E-state index >= 15 is 0 Å². The van der Waals surface area contributed by atoms with E-state index < -0.39 is 0 Å². The largest absolute Gasteiger partial charge is 0.497 e. The highest BCUT2D eigenvalue weighted by Gasteiger charge is 2.16. The Hall–Kier alpha value is -1.64. The molecule has 78 valence electrons. The molecule has 0 aliphatic carbocycles. The van der Waals surface area contributed by atoms with Gasteiger partial charge in [0.15, 0.2) is 0 Å². The highest BCUT2D eigenvalue weighted by molar-refractivity contribution is 5.97. The minimum atomic E-state index is 0.916. The predicted molar refractivity (Wildman–Crippen MR) is 61.7 cm³/mol. The topological polar surface area (TPSA) is 26.2 Å². The fraction of sp³-hybridized carbons (Fsp3) is 0.333. The van der Waals surface area contributed by atoms with Gasteiger partial charge in [-0.3, -0.25) is 0 Å². The van der Waals surface area contributed by atoms with E-state index in [4.69, 9.17) is 4.74 Å². The molecule has 2 heterocycles. The molecule has 0 bridgehead atoms. The van der Waals surface area contributed by atoms with Crippen molar-refractivity contribution in [2.45, 2.75) is 6.42 Å². The van der Waals surface area contributed by atoms with Crippen LogP contribution in [-0.4, -0.2) is 18.2 Å². The quantitative estimate of drug-likeness (QED) is 0.767. The minimum Gasteiger partial charge on any atom is -0.497 e. The number of nitrogens with one attached hydrogen (secondary N) is 1. The number of nitrogens with zero attached hydrogens (tertiary/aromatic N) is 1. The van der Waals surface area contributed by atoms with Gasteiger partial charge in [0.05, 0.1) is 12.6 Å². The third-order valence-electron chi connectivity index (χ3n) is 3.09. The number of aromatic nitrogens is 1. The first-order valence-corrected chi connectivity index (χ1v) is 5.19. The summed E-state index contributed by atoms with van der Waals surface area (Å²) >= 11 is 0. The molecule has 3 nitrogen and oxygen atoms in total. The average Bonchev–Trinajstić information content (AvgIpc) is 2.58. The van der Waals surface area contributed by atoms with Crippen molar-refractivity contribution in [1.82, 2.24) is 4.57 Å². The number of methoxy groups -OCH3 is 1. The highest BCUT2D eigenvalue weighted by Crippen LogP contribution is 2.35. The molecule has 3 heteroatoms. The van der Waals surface area contributed by atoms with Gasteiger partial charge in [0.2, 0.25) is 0 Å². The van der Waals surface area contributed by atoms with Crippen molar-refractivity contribution < 1.29 is 4.74 Å². The van der Waals surface area contributed by atoms with Crippen molar-refractivity contribution in [3.05, 3.63) is 23.9 Å². The van der Waals surface area contributed by atoms with Crippen molar-refractivity contribution in [2.24, 2.45) is 7.05 Å². The van der Waals surface area contributed by atoms with Crippen LogP contribution in [0.4, 0.5) is 5.69 Å². The number of hydrogen-bond acceptors (Lipinski definition) is 2. The van der Waals surface area contributed by atoms with Crippen LogP contribution < -0.4 is 10.1 Å². The van der Waals surface area contributed by atoms with Crippen molar-refractivity contribution in [3.63, 3.8) is 0 Å². The van der Waals surface area contributed by atoms with Gasteiger partial charge < -0.3 is 14.6 Å². The fourth-order valence-electron chi connectivity index (χ4n) is 2.36. The van der Waals surface area contributed by atoms with Gasteiger partial charge in [-0.2, -0.15) is 0 Å². The van der Waals surface area contributed by atoms with Crippen LogP contribution in [0.15, 0.2) is 18.3 Å². The molecule has 0 radical (unpaired) electrons. The summed E-state index contributed by atoms with van der Waals surface area (Å²) in [6.07, 6.45) is 3.32. The molecule has 0 fully saturated rings. The van der Waals surface area contributed by atoms with Crippen LogP contribution in [0.5, 0.6) is 5.75 Å². The Morgan fingerprint density at radius 1 is 1.40 bits per heavy atom. The summed E-state index contributed by atoms with van der Waals surface area (Å²) in [5.41, 5.74) is 3.88. The van der Waals surface area contributed by atoms with Crippen LogP contribution in [0.25, 0.3) is 10.9 Å². The van der Waals surface area contributed by atoms with E-state index in [1.165, 1.54) is 22.2 Å². The van der Waals surface area contributed by atoms with Crippen LogP contribution in [-0.2, 0) is 13.5 Å². The Balaban J connectivity index is 2.40. The van der Waals surface area contributed by atoms with Gasteiger partial charge in [0.1, 0.15) is 5.75 Å². The second-order valence-corrected chi connectivity index (χ2v) is 4.01. The zero-order valence-corrected chi connectivity index (χ0v) is 9.00. The molecular formula is C12H14N2O. The Kier molecular flexibility index (Phi) is 1.69. The molecule has 1 aromatic carbocycles. The molecule has 0 atom stereocenters. The molecular weight excluding hydrogens is 188 g/mol. The Morgan fingerprint density at radius 2 is 2.27 bits per heavy atom. The first-order valence-electron chi connectivity index (χ1n) is 5.19. The zero-order valence-electron chi connectivity index (χ0n) is 9.00. The van der Waals surface area contributed by atoms with Crippen LogP contribution in [0.2, 0.25) is 0 Å². The standard InChI is InChI=1S/C12H14N2O/c1-14-7-8-3-4-13-10-5-9(15-2)6-11(14)12(8)10/h5-7,13H,3-4H2,1-2H3. The summed E-state index contributed by atoms with van der Waals surface area (Å²) in [6, 6.07) is 4.17. The number of benzene rings is 1. The third-order valence-corrected chi connectivity index (χ3v) is 3.09. The van der Waals surface area contributed by atoms with Gasteiger partial charge in [-0.1, -0.05) is 0 Å². The van der Waals surface area contributed by atoms with Crippen molar-refractivity contribution >= 4 is 16.6 Å². The second-order valence-electron chi connectivity index (χ2n) is 4.01. The molecule has 0 unspecified atom stereocenters. The molecule has 0 saturated carbocycles. The third kappa shape index (κ3) is 1.12. The SMILES string of the molecule is COc1cc2c3c(cn(C)c3c1)CCN2. The number of hydrogen-bond donors (Lipinski definition) is 1. The maximum atomic E-state index is 5.30.